The number of benzene rings is 2. The van der Waals surface area contributed by atoms with E-state index in [0.717, 1.165) is 10.5 Å². The number of fused-ring (bicyclic) bond motifs is 1. The van der Waals surface area contributed by atoms with Gasteiger partial charge in [0.2, 0.25) is 0 Å². The van der Waals surface area contributed by atoms with Crippen LogP contribution in [0.4, 0.5) is 0 Å². The number of hydrogen-bond acceptors (Lipinski definition) is 6. The number of hydrogen-bond donors (Lipinski definition) is 1. The van der Waals surface area contributed by atoms with Crippen LogP contribution in [0.3, 0.4) is 0 Å². The number of azide groups is 1. The molecule has 140 valence electrons. The number of ether oxygens (including phenoxy) is 3. The molecule has 2 saturated heterocycles. The van der Waals surface area contributed by atoms with Crippen molar-refractivity contribution in [1.29, 1.82) is 0 Å². The summed E-state index contributed by atoms with van der Waals surface area (Å²) in [6.45, 7) is 0.288. The zero-order valence-electron chi connectivity index (χ0n) is 14.4. The van der Waals surface area contributed by atoms with Crippen LogP contribution < -0.4 is 0 Å². The van der Waals surface area contributed by atoms with Crippen LogP contribution in [0.1, 0.15) is 11.9 Å². The summed E-state index contributed by atoms with van der Waals surface area (Å²) in [4.78, 5) is 3.87. The van der Waals surface area contributed by atoms with Crippen LogP contribution in [0.15, 0.2) is 70.7 Å². The molecule has 0 bridgehead atoms. The number of aliphatic hydroxyl groups is 1. The standard InChI is InChI=1S/C19H19N3O4S/c20-22-21-15-16(23)17-14(25-19(15)27-13-9-5-2-6-10-13)11-24-18(26-17)12-7-3-1-4-8-12/h1-10,14-19,23H,11H2/t14-,15-,16-,17-,18-,19?/m1/s1/i19+1. The van der Waals surface area contributed by atoms with Crippen molar-refractivity contribution in [3.8, 4) is 0 Å². The maximum Gasteiger partial charge on any atom is 0.184 e. The maximum atomic E-state index is 10.9. The highest BCUT2D eigenvalue weighted by Gasteiger charge is 2.49. The molecule has 0 spiro atoms. The van der Waals surface area contributed by atoms with Gasteiger partial charge in [-0.3, -0.25) is 0 Å². The van der Waals surface area contributed by atoms with E-state index in [9.17, 15) is 5.11 Å². The van der Waals surface area contributed by atoms with Crippen LogP contribution in [0.25, 0.3) is 10.4 Å². The van der Waals surface area contributed by atoms with Crippen LogP contribution in [-0.4, -0.2) is 41.5 Å². The van der Waals surface area contributed by atoms with E-state index in [1.165, 1.54) is 11.8 Å². The van der Waals surface area contributed by atoms with Crippen LogP contribution >= 0.6 is 11.8 Å². The van der Waals surface area contributed by atoms with Gasteiger partial charge in [0.15, 0.2) is 6.29 Å². The predicted molar refractivity (Wildman–Crippen MR) is 99.9 cm³/mol. The molecule has 8 heteroatoms. The second-order valence-corrected chi connectivity index (χ2v) is 7.51. The van der Waals surface area contributed by atoms with Gasteiger partial charge in [0.05, 0.1) is 12.7 Å². The zero-order valence-corrected chi connectivity index (χ0v) is 15.2. The van der Waals surface area contributed by atoms with Gasteiger partial charge >= 0.3 is 0 Å². The molecule has 0 amide bonds. The molecule has 2 fully saturated rings. The minimum absolute atomic E-state index is 0.288. The normalized spacial score (nSPS) is 32.9. The van der Waals surface area contributed by atoms with Gasteiger partial charge in [0.25, 0.3) is 0 Å². The third kappa shape index (κ3) is 3.96. The smallest absolute Gasteiger partial charge is 0.184 e. The topological polar surface area (TPSA) is 96.7 Å². The molecule has 1 unspecified atom stereocenters. The molecule has 2 aliphatic heterocycles. The second-order valence-electron chi connectivity index (χ2n) is 6.34. The van der Waals surface area contributed by atoms with Crippen molar-refractivity contribution >= 4 is 11.8 Å². The van der Waals surface area contributed by atoms with Crippen molar-refractivity contribution < 1.29 is 19.3 Å². The average Bonchev–Trinajstić information content (AvgIpc) is 2.72. The first-order valence-electron chi connectivity index (χ1n) is 8.68. The Labute approximate surface area is 160 Å². The number of aliphatic hydroxyl groups excluding tert-OH is 1. The molecule has 2 aromatic carbocycles. The van der Waals surface area contributed by atoms with Gasteiger partial charge in [-0.05, 0) is 17.7 Å². The molecular formula is C19H19N3O4S. The van der Waals surface area contributed by atoms with Crippen molar-refractivity contribution in [2.75, 3.05) is 6.61 Å². The van der Waals surface area contributed by atoms with E-state index < -0.39 is 36.1 Å². The van der Waals surface area contributed by atoms with E-state index >= 15 is 0 Å². The summed E-state index contributed by atoms with van der Waals surface area (Å²) >= 11 is 1.41. The predicted octanol–water partition coefficient (Wildman–Crippen LogP) is 3.66. The van der Waals surface area contributed by atoms with E-state index in [1.807, 2.05) is 60.7 Å². The number of nitrogens with zero attached hydrogens (tertiary/aromatic N) is 3. The van der Waals surface area contributed by atoms with Crippen LogP contribution in [0, 0.1) is 0 Å². The minimum Gasteiger partial charge on any atom is -0.390 e. The second kappa shape index (κ2) is 8.31. The third-order valence-electron chi connectivity index (χ3n) is 4.59. The lowest BCUT2D eigenvalue weighted by atomic mass is 10.0. The van der Waals surface area contributed by atoms with E-state index in [2.05, 4.69) is 10.0 Å². The summed E-state index contributed by atoms with van der Waals surface area (Å²) in [6, 6.07) is 18.4. The van der Waals surface area contributed by atoms with Crippen LogP contribution in [0.5, 0.6) is 0 Å². The van der Waals surface area contributed by atoms with Gasteiger partial charge < -0.3 is 19.3 Å². The highest BCUT2D eigenvalue weighted by molar-refractivity contribution is 7.99. The number of rotatable bonds is 4. The van der Waals surface area contributed by atoms with Gasteiger partial charge in [0, 0.05) is 15.4 Å². The molecule has 2 heterocycles. The lowest BCUT2D eigenvalue weighted by Gasteiger charge is -2.46. The highest BCUT2D eigenvalue weighted by Crippen LogP contribution is 2.39. The highest BCUT2D eigenvalue weighted by atomic mass is 32.2. The molecule has 4 rings (SSSR count). The summed E-state index contributed by atoms with van der Waals surface area (Å²) < 4.78 is 17.9. The van der Waals surface area contributed by atoms with Gasteiger partial charge in [0.1, 0.15) is 23.7 Å². The maximum absolute atomic E-state index is 10.9. The van der Waals surface area contributed by atoms with Crippen LogP contribution in [0.2, 0.25) is 0 Å². The van der Waals surface area contributed by atoms with Gasteiger partial charge in [-0.2, -0.15) is 0 Å². The summed E-state index contributed by atoms with van der Waals surface area (Å²) in [5.74, 6) is 0. The van der Waals surface area contributed by atoms with E-state index in [4.69, 9.17) is 19.7 Å². The number of thioether (sulfide) groups is 1. The molecule has 0 aliphatic carbocycles. The van der Waals surface area contributed by atoms with E-state index in [1.54, 1.807) is 0 Å². The Kier molecular flexibility index (Phi) is 5.63. The first-order chi connectivity index (χ1) is 13.3. The molecule has 27 heavy (non-hydrogen) atoms. The monoisotopic (exact) mass is 386 g/mol. The zero-order chi connectivity index (χ0) is 18.6. The Morgan fingerprint density at radius 2 is 1.74 bits per heavy atom. The Morgan fingerprint density at radius 1 is 1.04 bits per heavy atom. The molecule has 6 atom stereocenters. The molecule has 7 nitrogen and oxygen atoms in total. The average molecular weight is 386 g/mol. The summed E-state index contributed by atoms with van der Waals surface area (Å²) in [5, 5.41) is 14.7. The lowest BCUT2D eigenvalue weighted by molar-refractivity contribution is -0.305. The van der Waals surface area contributed by atoms with Crippen molar-refractivity contribution in [3.63, 3.8) is 0 Å². The summed E-state index contributed by atoms with van der Waals surface area (Å²) in [7, 11) is 0. The SMILES string of the molecule is [N-]=[N+]=N[C@@H]1[C@@H](O)[C@@H]2O[C@H](c3ccccc3)OC[C@H]2O[13CH]1Sc1ccccc1. The molecule has 0 radical (unpaired) electrons. The Morgan fingerprint density at radius 3 is 2.44 bits per heavy atom. The van der Waals surface area contributed by atoms with Crippen LogP contribution in [-0.2, 0) is 14.2 Å². The fraction of sp³-hybridized carbons (Fsp3) is 0.368. The van der Waals surface area contributed by atoms with Crippen molar-refractivity contribution in [3.05, 3.63) is 76.7 Å². The summed E-state index contributed by atoms with van der Waals surface area (Å²) in [6.07, 6.45) is -2.65. The first kappa shape index (κ1) is 18.3. The summed E-state index contributed by atoms with van der Waals surface area (Å²) in [5.41, 5.74) is 9.30. The van der Waals surface area contributed by atoms with Crippen molar-refractivity contribution in [2.45, 2.75) is 41.0 Å². The lowest BCUT2D eigenvalue weighted by Crippen LogP contribution is -2.60. The van der Waals surface area contributed by atoms with Crippen molar-refractivity contribution in [2.24, 2.45) is 5.11 Å². The molecule has 2 aliphatic rings. The Hall–Kier alpha value is -2.06. The largest absolute Gasteiger partial charge is 0.390 e. The molecule has 0 saturated carbocycles. The molecule has 1 N–H and O–H groups in total. The third-order valence-corrected chi connectivity index (χ3v) is 5.75. The fourth-order valence-corrected chi connectivity index (χ4v) is 4.41. The molecule has 2 aromatic rings. The van der Waals surface area contributed by atoms with E-state index in [-0.39, 0.29) is 6.61 Å². The van der Waals surface area contributed by atoms with E-state index in [0.29, 0.717) is 0 Å². The molecule has 0 aromatic heterocycles. The minimum atomic E-state index is -0.990. The van der Waals surface area contributed by atoms with Gasteiger partial charge in [-0.25, -0.2) is 0 Å². The molecular weight excluding hydrogens is 367 g/mol. The quantitative estimate of drug-likeness (QED) is 0.374. The van der Waals surface area contributed by atoms with Gasteiger partial charge in [-0.1, -0.05) is 65.4 Å². The Balaban J connectivity index is 1.53. The first-order valence-corrected chi connectivity index (χ1v) is 9.55. The van der Waals surface area contributed by atoms with Gasteiger partial charge in [-0.15, -0.1) is 0 Å². The van der Waals surface area contributed by atoms with Crippen molar-refractivity contribution in [1.82, 2.24) is 0 Å². The fourth-order valence-electron chi connectivity index (χ4n) is 3.27. The Bertz CT molecular complexity index is 803.